The number of thioether (sulfide) groups is 1. The van der Waals surface area contributed by atoms with Gasteiger partial charge < -0.3 is 20.7 Å². The van der Waals surface area contributed by atoms with Gasteiger partial charge in [0.15, 0.2) is 10.9 Å². The minimum Gasteiger partial charge on any atom is -0.493 e. The summed E-state index contributed by atoms with van der Waals surface area (Å²) in [6.45, 7) is 0.885. The van der Waals surface area contributed by atoms with Gasteiger partial charge in [-0.1, -0.05) is 23.6 Å². The van der Waals surface area contributed by atoms with Crippen LogP contribution in [0.15, 0.2) is 51.1 Å². The van der Waals surface area contributed by atoms with E-state index in [0.29, 0.717) is 17.0 Å². The molecule has 1 amide bonds. The van der Waals surface area contributed by atoms with Gasteiger partial charge in [0, 0.05) is 16.9 Å². The largest absolute Gasteiger partial charge is 0.493 e. The number of amides is 1. The number of halogens is 1. The molecular weight excluding hydrogens is 347 g/mol. The van der Waals surface area contributed by atoms with Crippen LogP contribution in [0.25, 0.3) is 0 Å². The van der Waals surface area contributed by atoms with Crippen molar-refractivity contribution >= 4 is 22.7 Å². The number of carbonyl (C=O) groups is 1. The van der Waals surface area contributed by atoms with Crippen LogP contribution in [-0.4, -0.2) is 45.7 Å². The lowest BCUT2D eigenvalue weighted by Crippen LogP contribution is -2.26. The SMILES string of the molecule is CC(O)(C#CC1=C2C=C3N=C(C(N)=O)SCC3=C2COC=C1F)CO. The molecule has 0 saturated heterocycles. The Bertz CT molecular complexity index is 869. The maximum Gasteiger partial charge on any atom is 0.273 e. The number of aliphatic imine (C=N–C) groups is 1. The van der Waals surface area contributed by atoms with Gasteiger partial charge >= 0.3 is 0 Å². The molecule has 8 heteroatoms. The molecule has 4 N–H and O–H groups in total. The van der Waals surface area contributed by atoms with Gasteiger partial charge in [0.2, 0.25) is 0 Å². The molecule has 3 aliphatic rings. The first kappa shape index (κ1) is 17.5. The quantitative estimate of drug-likeness (QED) is 0.627. The van der Waals surface area contributed by atoms with Crippen LogP contribution in [0.1, 0.15) is 6.92 Å². The molecule has 25 heavy (non-hydrogen) atoms. The van der Waals surface area contributed by atoms with Gasteiger partial charge in [-0.3, -0.25) is 4.79 Å². The van der Waals surface area contributed by atoms with Crippen molar-refractivity contribution in [2.45, 2.75) is 12.5 Å². The summed E-state index contributed by atoms with van der Waals surface area (Å²) in [7, 11) is 0. The van der Waals surface area contributed by atoms with Gasteiger partial charge in [0.05, 0.1) is 17.9 Å². The van der Waals surface area contributed by atoms with Gasteiger partial charge in [-0.05, 0) is 18.6 Å². The Hall–Kier alpha value is -2.34. The first-order chi connectivity index (χ1) is 11.8. The highest BCUT2D eigenvalue weighted by atomic mass is 32.2. The van der Waals surface area contributed by atoms with Crippen LogP contribution in [0, 0.1) is 11.8 Å². The van der Waals surface area contributed by atoms with E-state index in [4.69, 9.17) is 15.6 Å². The van der Waals surface area contributed by atoms with Crippen molar-refractivity contribution < 1.29 is 24.1 Å². The minimum atomic E-state index is -1.65. The smallest absolute Gasteiger partial charge is 0.273 e. The molecule has 6 nitrogen and oxygen atoms in total. The second-order valence-corrected chi connectivity index (χ2v) is 6.77. The number of hydrogen-bond donors (Lipinski definition) is 3. The van der Waals surface area contributed by atoms with Gasteiger partial charge in [-0.2, -0.15) is 0 Å². The summed E-state index contributed by atoms with van der Waals surface area (Å²) in [5, 5.41) is 19.1. The zero-order chi connectivity index (χ0) is 18.2. The molecular formula is C17H15FN2O4S. The molecule has 1 unspecified atom stereocenters. The third-order valence-corrected chi connectivity index (χ3v) is 4.75. The predicted octanol–water partition coefficient (Wildman–Crippen LogP) is 0.695. The maximum atomic E-state index is 14.4. The van der Waals surface area contributed by atoms with Gasteiger partial charge in [-0.25, -0.2) is 9.38 Å². The molecule has 2 heterocycles. The highest BCUT2D eigenvalue weighted by Crippen LogP contribution is 2.41. The fraction of sp³-hybridized carbons (Fsp3) is 0.294. The molecule has 0 fully saturated rings. The Labute approximate surface area is 147 Å². The van der Waals surface area contributed by atoms with Crippen LogP contribution in [0.4, 0.5) is 4.39 Å². The first-order valence-corrected chi connectivity index (χ1v) is 8.35. The van der Waals surface area contributed by atoms with Crippen LogP contribution in [0.3, 0.4) is 0 Å². The van der Waals surface area contributed by atoms with E-state index < -0.39 is 23.9 Å². The molecule has 0 radical (unpaired) electrons. The van der Waals surface area contributed by atoms with E-state index in [9.17, 15) is 14.3 Å². The van der Waals surface area contributed by atoms with Crippen molar-refractivity contribution in [1.82, 2.24) is 0 Å². The Morgan fingerprint density at radius 1 is 1.56 bits per heavy atom. The van der Waals surface area contributed by atoms with Crippen molar-refractivity contribution in [3.8, 4) is 11.8 Å². The normalized spacial score (nSPS) is 21.5. The highest BCUT2D eigenvalue weighted by Gasteiger charge is 2.31. The predicted molar refractivity (Wildman–Crippen MR) is 91.9 cm³/mol. The standard InChI is InChI=1S/C17H15FN2O4S/c1-17(23,8-21)3-2-9-10-4-14-12(7-25-16(20-14)15(19)22)11(10)5-24-6-13(9)18/h4,6,21,23H,5,7-8H2,1H3,(H2,19,22). The van der Waals surface area contributed by atoms with Crippen LogP contribution >= 0.6 is 11.8 Å². The van der Waals surface area contributed by atoms with E-state index in [1.54, 1.807) is 6.08 Å². The second kappa shape index (κ2) is 6.52. The summed E-state index contributed by atoms with van der Waals surface area (Å²) in [6, 6.07) is 0. The third kappa shape index (κ3) is 3.39. The molecule has 1 atom stereocenters. The third-order valence-electron chi connectivity index (χ3n) is 3.75. The molecule has 0 spiro atoms. The molecule has 130 valence electrons. The molecule has 0 aromatic rings. The molecule has 3 rings (SSSR count). The van der Waals surface area contributed by atoms with Crippen molar-refractivity contribution in [2.75, 3.05) is 19.0 Å². The van der Waals surface area contributed by atoms with E-state index in [-0.39, 0.29) is 17.2 Å². The van der Waals surface area contributed by atoms with Gasteiger partial charge in [0.1, 0.15) is 18.5 Å². The fourth-order valence-corrected chi connectivity index (χ4v) is 3.34. The summed E-state index contributed by atoms with van der Waals surface area (Å²) < 4.78 is 19.6. The number of ether oxygens (including phenoxy) is 1. The fourth-order valence-electron chi connectivity index (χ4n) is 2.43. The number of allylic oxidation sites excluding steroid dienone is 4. The number of nitrogens with two attached hydrogens (primary N) is 1. The van der Waals surface area contributed by atoms with Crippen LogP contribution in [-0.2, 0) is 9.53 Å². The molecule has 2 aliphatic heterocycles. The van der Waals surface area contributed by atoms with Crippen LogP contribution in [0.2, 0.25) is 0 Å². The lowest BCUT2D eigenvalue weighted by Gasteiger charge is -2.14. The summed E-state index contributed by atoms with van der Waals surface area (Å²) in [4.78, 5) is 15.5. The Balaban J connectivity index is 2.14. The number of hydrogen-bond acceptors (Lipinski definition) is 6. The van der Waals surface area contributed by atoms with Gasteiger partial charge in [0.25, 0.3) is 5.91 Å². The topological polar surface area (TPSA) is 105 Å². The van der Waals surface area contributed by atoms with E-state index in [1.807, 2.05) is 0 Å². The average molecular weight is 362 g/mol. The lowest BCUT2D eigenvalue weighted by atomic mass is 10.0. The summed E-state index contributed by atoms with van der Waals surface area (Å²) >= 11 is 1.21. The minimum absolute atomic E-state index is 0.0384. The van der Waals surface area contributed by atoms with Crippen molar-refractivity contribution in [2.24, 2.45) is 10.7 Å². The summed E-state index contributed by atoms with van der Waals surface area (Å²) in [5.41, 5.74) is 6.24. The number of aliphatic hydroxyl groups excluding tert-OH is 1. The zero-order valence-electron chi connectivity index (χ0n) is 13.3. The molecule has 0 aromatic carbocycles. The van der Waals surface area contributed by atoms with E-state index in [0.717, 1.165) is 17.4 Å². The zero-order valence-corrected chi connectivity index (χ0v) is 14.1. The number of carbonyl (C=O) groups excluding carboxylic acids is 1. The van der Waals surface area contributed by atoms with E-state index in [2.05, 4.69) is 16.8 Å². The number of fused-ring (bicyclic) bond motifs is 2. The molecule has 0 aromatic heterocycles. The molecule has 0 saturated carbocycles. The lowest BCUT2D eigenvalue weighted by molar-refractivity contribution is -0.111. The van der Waals surface area contributed by atoms with Crippen molar-refractivity contribution in [1.29, 1.82) is 0 Å². The van der Waals surface area contributed by atoms with Crippen LogP contribution < -0.4 is 5.73 Å². The Morgan fingerprint density at radius 3 is 3.00 bits per heavy atom. The van der Waals surface area contributed by atoms with Crippen LogP contribution in [0.5, 0.6) is 0 Å². The Morgan fingerprint density at radius 2 is 2.32 bits per heavy atom. The van der Waals surface area contributed by atoms with Crippen molar-refractivity contribution in [3.63, 3.8) is 0 Å². The molecule has 1 aliphatic carbocycles. The monoisotopic (exact) mass is 362 g/mol. The van der Waals surface area contributed by atoms with E-state index in [1.165, 1.54) is 18.7 Å². The number of primary amides is 1. The van der Waals surface area contributed by atoms with Gasteiger partial charge in [-0.15, -0.1) is 0 Å². The summed E-state index contributed by atoms with van der Waals surface area (Å²) in [5.74, 6) is 4.21. The number of nitrogens with zero attached hydrogens (tertiary/aromatic N) is 1. The first-order valence-electron chi connectivity index (χ1n) is 7.36. The van der Waals surface area contributed by atoms with E-state index >= 15 is 0 Å². The number of aliphatic hydroxyl groups is 2. The number of rotatable bonds is 2. The van der Waals surface area contributed by atoms with Crippen molar-refractivity contribution in [3.05, 3.63) is 46.2 Å². The summed E-state index contributed by atoms with van der Waals surface area (Å²) in [6.07, 6.45) is 2.60. The Kier molecular flexibility index (Phi) is 4.56. The average Bonchev–Trinajstić information content (AvgIpc) is 2.84. The highest BCUT2D eigenvalue weighted by molar-refractivity contribution is 8.15. The maximum absolute atomic E-state index is 14.4. The second-order valence-electron chi connectivity index (χ2n) is 5.80. The molecule has 0 bridgehead atoms.